The number of amides is 2. The summed E-state index contributed by atoms with van der Waals surface area (Å²) in [6, 6.07) is 11.5. The second-order valence-corrected chi connectivity index (χ2v) is 26.7. The lowest BCUT2D eigenvalue weighted by Crippen LogP contribution is -2.50. The Hall–Kier alpha value is -3.72. The van der Waals surface area contributed by atoms with Crippen molar-refractivity contribution >= 4 is 56.4 Å². The van der Waals surface area contributed by atoms with Crippen LogP contribution in [0.15, 0.2) is 62.8 Å². The smallest absolute Gasteiger partial charge is 0.444 e. The largest absolute Gasteiger partial charge is 0.518 e. The highest BCUT2D eigenvalue weighted by molar-refractivity contribution is 7.89. The van der Waals surface area contributed by atoms with Crippen molar-refractivity contribution in [3.63, 3.8) is 0 Å². The van der Waals surface area contributed by atoms with Gasteiger partial charge in [-0.05, 0) is 120 Å². The second-order valence-electron chi connectivity index (χ2n) is 21.8. The Morgan fingerprint density at radius 2 is 1.07 bits per heavy atom. The molecule has 8 rings (SSSR count). The molecule has 6 aliphatic rings. The highest BCUT2D eigenvalue weighted by atomic mass is 32.2. The van der Waals surface area contributed by atoms with E-state index in [2.05, 4.69) is 29.1 Å². The highest BCUT2D eigenvalue weighted by Gasteiger charge is 2.46. The predicted molar refractivity (Wildman–Crippen MR) is 298 cm³/mol. The minimum atomic E-state index is -4.02. The van der Waals surface area contributed by atoms with Gasteiger partial charge in [-0.2, -0.15) is 0 Å². The maximum atomic E-state index is 13.4. The maximum Gasteiger partial charge on any atom is 0.518 e. The van der Waals surface area contributed by atoms with Crippen LogP contribution >= 0.6 is 18.0 Å². The van der Waals surface area contributed by atoms with Gasteiger partial charge in [-0.3, -0.25) is 9.68 Å². The van der Waals surface area contributed by atoms with E-state index in [0.29, 0.717) is 32.7 Å². The molecule has 0 radical (unpaired) electrons. The number of hydrogen-bond acceptors (Lipinski definition) is 20. The molecular weight excluding hydrogens is 1140 g/mol. The minimum absolute atomic E-state index is 0.000653. The van der Waals surface area contributed by atoms with Crippen LogP contribution in [0.25, 0.3) is 0 Å². The molecule has 0 aromatic heterocycles. The van der Waals surface area contributed by atoms with Crippen LogP contribution < -0.4 is 10.6 Å². The number of ether oxygens (including phenoxy) is 7. The van der Waals surface area contributed by atoms with Gasteiger partial charge in [-0.15, -0.1) is 0 Å². The van der Waals surface area contributed by atoms with E-state index >= 15 is 0 Å². The van der Waals surface area contributed by atoms with Crippen molar-refractivity contribution in [1.29, 1.82) is 0 Å². The summed E-state index contributed by atoms with van der Waals surface area (Å²) in [4.78, 5) is 47.8. The molecule has 4 heterocycles. The molecule has 28 heteroatoms. The molecule has 2 saturated carbocycles. The molecule has 0 bridgehead atoms. The molecule has 456 valence electrons. The zero-order valence-corrected chi connectivity index (χ0v) is 51.0. The molecule has 24 nitrogen and oxygen atoms in total. The molecule has 81 heavy (non-hydrogen) atoms. The first kappa shape index (κ1) is 66.4. The Balaban J connectivity index is 0.000000210. The SMILES string of the molecule is CCC(NC(=O)OC(C)(C)C)[C@H](O)CN(OC1CCCC1)S(=O)(=O)c1ccc(C)cc1.CCC(NC(=O)O[C@H]1CO[C@H]2OCC[C@H]21)[C@H](O)CN(OC1CCCC1)S(=O)(=O)c1ccc(C)cc1.O=C(OP=NP)O[C@H]1CO[C@H]2OCC[C@H]21. The van der Waals surface area contributed by atoms with E-state index in [-0.39, 0.29) is 80.8 Å². The van der Waals surface area contributed by atoms with Gasteiger partial charge in [0, 0.05) is 0 Å². The molecule has 11 atom stereocenters. The number of carbonyl (C=O) groups excluding carboxylic acids is 3. The first-order chi connectivity index (χ1) is 38.5. The van der Waals surface area contributed by atoms with Gasteiger partial charge in [0.2, 0.25) is 0 Å². The lowest BCUT2D eigenvalue weighted by atomic mass is 10.0. The van der Waals surface area contributed by atoms with Crippen LogP contribution in [0.2, 0.25) is 0 Å². The molecule has 3 unspecified atom stereocenters. The highest BCUT2D eigenvalue weighted by Crippen LogP contribution is 2.35. The third-order valence-corrected chi connectivity index (χ3v) is 18.3. The van der Waals surface area contributed by atoms with E-state index in [1.807, 2.05) is 13.8 Å². The number of aliphatic hydroxyl groups excluding tert-OH is 2. The van der Waals surface area contributed by atoms with Crippen molar-refractivity contribution < 1.29 is 88.8 Å². The number of fused-ring (bicyclic) bond motifs is 2. The first-order valence-electron chi connectivity index (χ1n) is 27.8. The minimum Gasteiger partial charge on any atom is -0.444 e. The Labute approximate surface area is 480 Å². The summed E-state index contributed by atoms with van der Waals surface area (Å²) >= 11 is 0. The predicted octanol–water partition coefficient (Wildman–Crippen LogP) is 7.75. The number of hydroxylamine groups is 2. The molecule has 4 saturated heterocycles. The summed E-state index contributed by atoms with van der Waals surface area (Å²) in [5.41, 5.74) is 1.19. The summed E-state index contributed by atoms with van der Waals surface area (Å²) in [5, 5.41) is 27.1. The molecule has 2 aromatic rings. The van der Waals surface area contributed by atoms with Crippen molar-refractivity contribution in [2.45, 2.75) is 202 Å². The molecule has 4 N–H and O–H groups in total. The van der Waals surface area contributed by atoms with Gasteiger partial charge >= 0.3 is 18.3 Å². The summed E-state index contributed by atoms with van der Waals surface area (Å²) in [6.07, 6.45) is 3.17. The number of nitrogens with zero attached hydrogens (tertiary/aromatic N) is 3. The Morgan fingerprint density at radius 1 is 0.667 bits per heavy atom. The number of carbonyl (C=O) groups is 3. The fraction of sp³-hybridized carbons (Fsp3) is 0.717. The standard InChI is InChI=1S/C24H36N2O8S.C22H36N2O6S.C7H11NO5P2/c1-3-20(25-24(28)33-22-15-32-23-19(22)12-13-31-23)21(27)14-26(34-17-6-4-5-7-17)35(29,30)18-10-8-16(2)9-11-18;1-6-19(23-21(26)29-22(3,4)5)20(25)15-24(30-17-9-7-8-10-17)31(27,28)18-13-11-16(2)12-14-18;9-7(13-15-8-14)12-5-3-11-6-4(5)1-2-10-6/h8-11,17,19-23,27H,3-7,12-15H2,1-2H3,(H,25,28);11-14,17,19-20,25H,6-10,15H2,1-5H3,(H,23,26);4-6H,1-3,14H2/t19-,20?,21+,22-,23+;19?,20-;4-,5-,6+/m010/s1. The molecule has 6 fully saturated rings. The van der Waals surface area contributed by atoms with Gasteiger partial charge in [0.25, 0.3) is 28.6 Å². The third kappa shape index (κ3) is 19.9. The van der Waals surface area contributed by atoms with Crippen molar-refractivity contribution in [2.24, 2.45) is 16.4 Å². The lowest BCUT2D eigenvalue weighted by molar-refractivity contribution is -0.145. The number of alkyl carbamates (subject to hydrolysis) is 2. The number of aryl methyl sites for hydroxylation is 2. The van der Waals surface area contributed by atoms with Crippen molar-refractivity contribution in [3.8, 4) is 0 Å². The van der Waals surface area contributed by atoms with Crippen LogP contribution in [0.1, 0.15) is 123 Å². The van der Waals surface area contributed by atoms with E-state index in [1.165, 1.54) is 24.3 Å². The van der Waals surface area contributed by atoms with Crippen LogP contribution in [0.5, 0.6) is 0 Å². The summed E-state index contributed by atoms with van der Waals surface area (Å²) in [7, 11) is -5.71. The van der Waals surface area contributed by atoms with Gasteiger partial charge in [-0.1, -0.05) is 83.9 Å². The second kappa shape index (κ2) is 31.4. The average molecular weight is 1220 g/mol. The Kier molecular flexibility index (Phi) is 25.8. The van der Waals surface area contributed by atoms with Gasteiger partial charge in [0.05, 0.1) is 97.6 Å². The number of sulfonamides is 2. The third-order valence-electron chi connectivity index (χ3n) is 14.4. The zero-order chi connectivity index (χ0) is 58.9. The molecule has 2 aliphatic carbocycles. The lowest BCUT2D eigenvalue weighted by Gasteiger charge is -2.30. The van der Waals surface area contributed by atoms with Gasteiger partial charge in [0.15, 0.2) is 12.6 Å². The zero-order valence-electron chi connectivity index (χ0n) is 47.3. The van der Waals surface area contributed by atoms with E-state index in [4.69, 9.17) is 42.8 Å². The first-order valence-corrected chi connectivity index (χ1v) is 32.0. The molecule has 0 spiro atoms. The molecule has 2 aromatic carbocycles. The molecule has 2 amide bonds. The Bertz CT molecular complexity index is 2560. The van der Waals surface area contributed by atoms with Gasteiger partial charge in [-0.25, -0.2) is 35.7 Å². The average Bonchev–Trinajstić information content (AvgIpc) is 4.45. The van der Waals surface area contributed by atoms with Gasteiger partial charge < -0.3 is 58.5 Å². The Morgan fingerprint density at radius 3 is 1.47 bits per heavy atom. The van der Waals surface area contributed by atoms with Crippen LogP contribution in [-0.4, -0.2) is 161 Å². The number of aliphatic hydroxyl groups is 2. The topological polar surface area (TPSA) is 295 Å². The monoisotopic (exact) mass is 1220 g/mol. The van der Waals surface area contributed by atoms with E-state index < -0.39 is 74.4 Å². The number of rotatable bonds is 21. The number of hydrogen-bond donors (Lipinski definition) is 4. The van der Waals surface area contributed by atoms with Gasteiger partial charge in [0.1, 0.15) is 17.8 Å². The molecular formula is C53H83N5O19P2S2. The summed E-state index contributed by atoms with van der Waals surface area (Å²) in [6.45, 7) is 13.8. The number of nitrogens with one attached hydrogen (secondary N) is 2. The van der Waals surface area contributed by atoms with Crippen molar-refractivity contribution in [2.75, 3.05) is 39.5 Å². The van der Waals surface area contributed by atoms with Crippen LogP contribution in [0, 0.1) is 25.7 Å². The van der Waals surface area contributed by atoms with Crippen LogP contribution in [-0.2, 0) is 67.4 Å². The van der Waals surface area contributed by atoms with Crippen molar-refractivity contribution in [1.82, 2.24) is 19.6 Å². The van der Waals surface area contributed by atoms with E-state index in [1.54, 1.807) is 58.9 Å². The van der Waals surface area contributed by atoms with Crippen LogP contribution in [0.4, 0.5) is 14.4 Å². The van der Waals surface area contributed by atoms with E-state index in [0.717, 1.165) is 84.3 Å². The number of benzene rings is 2. The normalized spacial score (nSPS) is 24.5. The molecule has 4 aliphatic heterocycles. The van der Waals surface area contributed by atoms with E-state index in [9.17, 15) is 41.4 Å². The quantitative estimate of drug-likeness (QED) is 0.0402. The van der Waals surface area contributed by atoms with Crippen LogP contribution in [0.3, 0.4) is 0 Å². The summed E-state index contributed by atoms with van der Waals surface area (Å²) < 4.78 is 101. The fourth-order valence-corrected chi connectivity index (χ4v) is 12.8. The van der Waals surface area contributed by atoms with Crippen molar-refractivity contribution in [3.05, 3.63) is 59.7 Å². The maximum absolute atomic E-state index is 13.4. The summed E-state index contributed by atoms with van der Waals surface area (Å²) in [5.74, 6) is 0.142. The fourth-order valence-electron chi connectivity index (χ4n) is 9.95.